The molecule has 1 aliphatic heterocycles. The molecule has 0 spiro atoms. The molecule has 656 valence electrons. The number of carbonyl (C=O) groups is 9. The zero-order valence-corrected chi connectivity index (χ0v) is 75.8. The first-order valence-corrected chi connectivity index (χ1v) is 44.3. The van der Waals surface area contributed by atoms with Crippen molar-refractivity contribution in [3.8, 4) is 0 Å². The number of guanidine groups is 1. The van der Waals surface area contributed by atoms with Crippen LogP contribution in [0.1, 0.15) is 173 Å². The van der Waals surface area contributed by atoms with Crippen molar-refractivity contribution in [2.45, 2.75) is 220 Å². The maximum Gasteiger partial charge on any atom is 0.193 e. The van der Waals surface area contributed by atoms with Crippen molar-refractivity contribution >= 4 is 100 Å². The highest BCUT2D eigenvalue weighted by molar-refractivity contribution is 7.90. The Labute approximate surface area is 707 Å². The monoisotopic (exact) mass is 1680 g/mol. The van der Waals surface area contributed by atoms with Crippen LogP contribution in [0.15, 0.2) is 155 Å². The van der Waals surface area contributed by atoms with E-state index < -0.39 is 20.6 Å². The van der Waals surface area contributed by atoms with E-state index in [4.69, 9.17) is 11.5 Å². The van der Waals surface area contributed by atoms with Crippen LogP contribution in [0.3, 0.4) is 0 Å². The molecule has 0 radical (unpaired) electrons. The minimum absolute atomic E-state index is 0.00444. The van der Waals surface area contributed by atoms with Crippen molar-refractivity contribution in [1.82, 2.24) is 47.9 Å². The van der Waals surface area contributed by atoms with Crippen LogP contribution < -0.4 is 59.3 Å². The molecule has 6 aromatic carbocycles. The smallest absolute Gasteiger partial charge is 0.193 e. The van der Waals surface area contributed by atoms with Gasteiger partial charge in [0.1, 0.15) is 56.1 Å². The number of Topliss-reactive ketones (excluding diaryl/α,β-unsaturated/α-hetero) is 8. The summed E-state index contributed by atoms with van der Waals surface area (Å²) in [6, 6.07) is 45.6. The number of fused-ring (bicyclic) bond motifs is 2. The molecule has 0 bridgehead atoms. The summed E-state index contributed by atoms with van der Waals surface area (Å²) in [6.45, 7) is 20.6. The van der Waals surface area contributed by atoms with Gasteiger partial charge in [0.05, 0.1) is 54.1 Å². The Morgan fingerprint density at radius 1 is 0.449 bits per heavy atom. The predicted octanol–water partition coefficient (Wildman–Crippen LogP) is 9.35. The number of ketones is 9. The lowest BCUT2D eigenvalue weighted by atomic mass is 9.92. The Morgan fingerprint density at radius 2 is 0.822 bits per heavy atom. The summed E-state index contributed by atoms with van der Waals surface area (Å²) in [5.74, 6) is 1.92. The molecule has 28 heteroatoms. The Bertz CT molecular complexity index is 4110. The second-order valence-electron chi connectivity index (χ2n) is 29.7. The molecule has 1 heterocycles. The molecule has 0 saturated carbocycles. The van der Waals surface area contributed by atoms with Crippen molar-refractivity contribution in [2.75, 3.05) is 93.5 Å². The molecule has 26 nitrogen and oxygen atoms in total. The van der Waals surface area contributed by atoms with E-state index in [2.05, 4.69) is 144 Å². The van der Waals surface area contributed by atoms with Crippen LogP contribution in [0.2, 0.25) is 0 Å². The van der Waals surface area contributed by atoms with Crippen molar-refractivity contribution in [3.05, 3.63) is 167 Å². The number of nitrogens with two attached hydrogens (primary N) is 2. The fourth-order valence-corrected chi connectivity index (χ4v) is 13.3. The molecule has 9 atom stereocenters. The number of nitrogens with one attached hydrogen (secondary N) is 9. The quantitative estimate of drug-likeness (QED) is 0.00557. The zero-order chi connectivity index (χ0) is 89.5. The van der Waals surface area contributed by atoms with Gasteiger partial charge in [0.15, 0.2) is 17.4 Å². The lowest BCUT2D eigenvalue weighted by Crippen LogP contribution is -2.36. The maximum absolute atomic E-state index is 12.3. The third kappa shape index (κ3) is 49.1. The van der Waals surface area contributed by atoms with Gasteiger partial charge in [-0.15, -0.1) is 0 Å². The first-order chi connectivity index (χ1) is 55.7. The largest absolute Gasteiger partial charge is 0.370 e. The van der Waals surface area contributed by atoms with Crippen LogP contribution in [-0.2, 0) is 78.3 Å². The topological polar surface area (TPSA) is 402 Å². The Kier molecular flexibility index (Phi) is 57.3. The fourth-order valence-electron chi connectivity index (χ4n) is 12.1. The van der Waals surface area contributed by atoms with E-state index in [-0.39, 0.29) is 118 Å². The number of sulfone groups is 1. The summed E-state index contributed by atoms with van der Waals surface area (Å²) in [7, 11) is 10.5. The summed E-state index contributed by atoms with van der Waals surface area (Å²) in [5.41, 5.74) is 15.0. The van der Waals surface area contributed by atoms with Gasteiger partial charge in [0.2, 0.25) is 0 Å². The van der Waals surface area contributed by atoms with E-state index in [9.17, 15) is 55.8 Å². The number of hydrogen-bond acceptors (Lipinski definition) is 24. The highest BCUT2D eigenvalue weighted by Gasteiger charge is 2.37. The average molecular weight is 1680 g/mol. The lowest BCUT2D eigenvalue weighted by Gasteiger charge is -2.17. The minimum Gasteiger partial charge on any atom is -0.370 e. The van der Waals surface area contributed by atoms with Crippen molar-refractivity contribution in [1.29, 1.82) is 0 Å². The van der Waals surface area contributed by atoms with E-state index in [1.165, 1.54) is 45.9 Å². The van der Waals surface area contributed by atoms with Crippen LogP contribution in [0.25, 0.3) is 21.5 Å². The molecular weight excluding hydrogens is 1530 g/mol. The van der Waals surface area contributed by atoms with E-state index in [1.807, 2.05) is 101 Å². The summed E-state index contributed by atoms with van der Waals surface area (Å²) < 4.78 is 32.1. The molecule has 118 heavy (non-hydrogen) atoms. The van der Waals surface area contributed by atoms with E-state index in [0.717, 1.165) is 63.5 Å². The Hall–Kier alpha value is -8.52. The SMILES string of the molecule is CN[C@@H](CC1(C)N=N1)C(C)=O.CN[C@@H](CCCCN=C(N)N)C(C)=O.CN[C@@H](CCCCNC(C)C)C(C)=O.CN[C@@H](CCS(C)(=O)=O)C(C)=O.CN[C@@H](CCS(C)=O)C(C)=O.CN[C@@H](CCc1ccccc1)C(C)=O.CN[C@@H](Cc1c2ccccc2cc2ccccc12)C(C)=O.CN[C@@H](Cc1ccc(C(=O)c2ccccc2)cc1)C(C)=O. The summed E-state index contributed by atoms with van der Waals surface area (Å²) >= 11 is 0. The third-order valence-electron chi connectivity index (χ3n) is 19.4. The van der Waals surface area contributed by atoms with Crippen LogP contribution in [0, 0.1) is 0 Å². The first-order valence-electron chi connectivity index (χ1n) is 40.5. The summed E-state index contributed by atoms with van der Waals surface area (Å²) in [6.07, 6.45) is 13.6. The van der Waals surface area contributed by atoms with Gasteiger partial charge >= 0.3 is 0 Å². The van der Waals surface area contributed by atoms with Gasteiger partial charge < -0.3 is 59.3 Å². The molecule has 6 aromatic rings. The number of nitrogens with zero attached hydrogens (tertiary/aromatic N) is 3. The zero-order valence-electron chi connectivity index (χ0n) is 74.2. The number of likely N-dealkylation sites (N-methyl/N-ethyl adjacent to an activating group) is 8. The predicted molar refractivity (Wildman–Crippen MR) is 485 cm³/mol. The number of aryl methyl sites for hydroxylation is 1. The molecule has 1 aliphatic rings. The molecular formula is C90H142N14O12S2. The molecule has 0 saturated heterocycles. The van der Waals surface area contributed by atoms with Crippen molar-refractivity contribution < 1.29 is 55.8 Å². The van der Waals surface area contributed by atoms with Gasteiger partial charge in [0.25, 0.3) is 0 Å². The Balaban J connectivity index is 0.00000134. The van der Waals surface area contributed by atoms with E-state index in [0.29, 0.717) is 61.6 Å². The molecule has 1 unspecified atom stereocenters. The number of carbonyl (C=O) groups excluding carboxylic acids is 9. The molecule has 7 rings (SSSR count). The molecule has 13 N–H and O–H groups in total. The number of unbranched alkanes of at least 4 members (excludes halogenated alkanes) is 2. The number of aliphatic imine (C=N–C) groups is 1. The molecule has 0 fully saturated rings. The second kappa shape index (κ2) is 61.7. The first kappa shape index (κ1) is 109. The standard InChI is InChI=1S/C19H19NO.C18H19NO2.C12H17NO.C11H24N2O.C9H20N4O.C7H13N3O.C7H15NO3S.C7H15NO2S/c1-13(21)19(20-2)12-18-16-9-5-3-7-14(16)11-15-8-4-6-10-17(15)18;1-13(20)17(19-2)12-14-8-10-16(11-9-14)18(21)15-6-4-3-5-7-15;1-10(14)12(13-2)9-8-11-6-4-3-5-7-11;1-9(2)13-8-6-5-7-11(12-4)10(3)14;1-7(14)8(12-2)5-3-4-6-13-9(10)11;1-5(11)6(8-3)4-7(2)9-10-7;1-6(9)7(8-2)4-5-12(3,10)11;1-6(9)7(8-2)4-5-11(3)10/h3-11,19-20H,12H2,1-2H3;3-11,17,19H,12H2,1-2H3;3-7,12-13H,8-9H2,1-2H3;9,11-13H,5-8H2,1-4H3;8,12H,3-6H2,1-2H3,(H4,10,11,13);6,8H,4H2,1-3H3;7-8H,4-5H2,1-3H3;7-8H,4-5H2,1-3H3/t19-;17-;12-;11-;8-;6-;7-;7-,11?/m00000000/s1. The summed E-state index contributed by atoms with van der Waals surface area (Å²) in [5, 5.41) is 39.7. The van der Waals surface area contributed by atoms with Gasteiger partial charge in [-0.1, -0.05) is 154 Å². The fraction of sp³-hybridized carbons (Fsp3) is 0.533. The van der Waals surface area contributed by atoms with Gasteiger partial charge in [0, 0.05) is 59.2 Å². The van der Waals surface area contributed by atoms with E-state index >= 15 is 0 Å². The van der Waals surface area contributed by atoms with Crippen molar-refractivity contribution in [3.63, 3.8) is 0 Å². The number of benzene rings is 6. The molecule has 0 amide bonds. The van der Waals surface area contributed by atoms with E-state index in [1.54, 1.807) is 90.0 Å². The lowest BCUT2D eigenvalue weighted by molar-refractivity contribution is -0.119. The van der Waals surface area contributed by atoms with Gasteiger partial charge in [-0.3, -0.25) is 52.4 Å². The second-order valence-corrected chi connectivity index (χ2v) is 33.6. The average Bonchev–Trinajstić information content (AvgIpc) is 1.03. The third-order valence-corrected chi connectivity index (χ3v) is 21.2. The number of hydrogen-bond donors (Lipinski definition) is 11. The van der Waals surface area contributed by atoms with Gasteiger partial charge in [-0.2, -0.15) is 10.2 Å². The van der Waals surface area contributed by atoms with Gasteiger partial charge in [-0.25, -0.2) is 8.42 Å². The highest BCUT2D eigenvalue weighted by Crippen LogP contribution is 2.32. The highest BCUT2D eigenvalue weighted by atomic mass is 32.2. The van der Waals surface area contributed by atoms with Crippen LogP contribution >= 0.6 is 0 Å². The summed E-state index contributed by atoms with van der Waals surface area (Å²) in [4.78, 5) is 105. The van der Waals surface area contributed by atoms with Crippen LogP contribution in [0.4, 0.5) is 0 Å². The molecule has 0 aliphatic carbocycles. The normalized spacial score (nSPS) is 13.8. The minimum atomic E-state index is -2.96. The van der Waals surface area contributed by atoms with Crippen LogP contribution in [0.5, 0.6) is 0 Å². The Morgan fingerprint density at radius 3 is 1.21 bits per heavy atom. The van der Waals surface area contributed by atoms with Gasteiger partial charge in [-0.05, 0) is 240 Å². The van der Waals surface area contributed by atoms with Crippen molar-refractivity contribution in [2.24, 2.45) is 26.7 Å². The van der Waals surface area contributed by atoms with Crippen LogP contribution in [-0.4, -0.2) is 224 Å². The maximum atomic E-state index is 12.3. The number of rotatable bonds is 44. The molecule has 0 aromatic heterocycles.